The summed E-state index contributed by atoms with van der Waals surface area (Å²) in [6, 6.07) is 4.16. The van der Waals surface area contributed by atoms with Gasteiger partial charge in [0.1, 0.15) is 5.82 Å². The lowest BCUT2D eigenvalue weighted by molar-refractivity contribution is 0.0934. The summed E-state index contributed by atoms with van der Waals surface area (Å²) in [5.74, 6) is -0.954. The maximum Gasteiger partial charge on any atom is 0.254 e. The molecule has 100 valence electrons. The van der Waals surface area contributed by atoms with Gasteiger partial charge in [-0.1, -0.05) is 26.2 Å². The van der Waals surface area contributed by atoms with Gasteiger partial charge in [0.2, 0.25) is 0 Å². The topological polar surface area (TPSA) is 55.1 Å². The Morgan fingerprint density at radius 2 is 2.17 bits per heavy atom. The number of benzene rings is 1. The number of nitrogens with one attached hydrogen (secondary N) is 1. The molecule has 18 heavy (non-hydrogen) atoms. The van der Waals surface area contributed by atoms with E-state index in [0.717, 1.165) is 31.7 Å². The van der Waals surface area contributed by atoms with Crippen LogP contribution >= 0.6 is 0 Å². The number of carbonyl (C=O) groups excluding carboxylic acids is 1. The molecule has 0 saturated carbocycles. The van der Waals surface area contributed by atoms with E-state index in [1.54, 1.807) is 0 Å². The molecule has 0 aromatic heterocycles. The van der Waals surface area contributed by atoms with E-state index in [-0.39, 0.29) is 17.5 Å². The number of nitrogen functional groups attached to an aromatic ring is 1. The van der Waals surface area contributed by atoms with Crippen LogP contribution < -0.4 is 11.1 Å². The van der Waals surface area contributed by atoms with E-state index in [1.807, 2.05) is 6.92 Å². The van der Waals surface area contributed by atoms with Crippen LogP contribution in [0.2, 0.25) is 0 Å². The second-order valence-corrected chi connectivity index (χ2v) is 4.61. The van der Waals surface area contributed by atoms with Crippen molar-refractivity contribution in [1.82, 2.24) is 5.32 Å². The summed E-state index contributed by atoms with van der Waals surface area (Å²) in [4.78, 5) is 11.8. The monoisotopic (exact) mass is 252 g/mol. The fourth-order valence-corrected chi connectivity index (χ4v) is 1.79. The Morgan fingerprint density at radius 3 is 2.78 bits per heavy atom. The summed E-state index contributed by atoms with van der Waals surface area (Å²) in [5, 5.41) is 2.80. The number of hydrogen-bond donors (Lipinski definition) is 2. The largest absolute Gasteiger partial charge is 0.399 e. The first kappa shape index (κ1) is 14.5. The number of unbranched alkanes of at least 4 members (excludes halogenated alkanes) is 2. The molecule has 1 atom stereocenters. The highest BCUT2D eigenvalue weighted by molar-refractivity contribution is 5.94. The molecule has 1 amide bonds. The Hall–Kier alpha value is -1.58. The van der Waals surface area contributed by atoms with Crippen molar-refractivity contribution in [2.75, 3.05) is 5.73 Å². The van der Waals surface area contributed by atoms with Crippen LogP contribution in [0.4, 0.5) is 10.1 Å². The molecule has 0 saturated heterocycles. The first-order chi connectivity index (χ1) is 8.54. The molecular weight excluding hydrogens is 231 g/mol. The van der Waals surface area contributed by atoms with Gasteiger partial charge in [-0.2, -0.15) is 0 Å². The van der Waals surface area contributed by atoms with Crippen LogP contribution in [0, 0.1) is 5.82 Å². The van der Waals surface area contributed by atoms with Crippen molar-refractivity contribution in [3.05, 3.63) is 29.6 Å². The highest BCUT2D eigenvalue weighted by Gasteiger charge is 2.13. The molecular formula is C14H21FN2O. The Morgan fingerprint density at radius 1 is 1.44 bits per heavy atom. The van der Waals surface area contributed by atoms with Crippen LogP contribution in [0.1, 0.15) is 49.9 Å². The fraction of sp³-hybridized carbons (Fsp3) is 0.500. The summed E-state index contributed by atoms with van der Waals surface area (Å²) in [5.41, 5.74) is 5.81. The number of nitrogens with two attached hydrogens (primary N) is 1. The molecule has 3 N–H and O–H groups in total. The molecule has 0 heterocycles. The minimum atomic E-state index is -0.576. The van der Waals surface area contributed by atoms with Gasteiger partial charge in [0.15, 0.2) is 0 Å². The van der Waals surface area contributed by atoms with E-state index in [2.05, 4.69) is 12.2 Å². The maximum atomic E-state index is 13.5. The lowest BCUT2D eigenvalue weighted by Crippen LogP contribution is -2.33. The molecule has 0 aliphatic heterocycles. The number of carbonyl (C=O) groups is 1. The quantitative estimate of drug-likeness (QED) is 0.603. The van der Waals surface area contributed by atoms with Crippen molar-refractivity contribution in [1.29, 1.82) is 0 Å². The van der Waals surface area contributed by atoms with Crippen LogP contribution in [0.25, 0.3) is 0 Å². The molecule has 1 unspecified atom stereocenters. The predicted octanol–water partition coefficient (Wildman–Crippen LogP) is 3.11. The molecule has 3 nitrogen and oxygen atoms in total. The van der Waals surface area contributed by atoms with Gasteiger partial charge in [0.25, 0.3) is 5.91 Å². The highest BCUT2D eigenvalue weighted by atomic mass is 19.1. The molecule has 0 spiro atoms. The molecule has 1 rings (SSSR count). The zero-order chi connectivity index (χ0) is 13.5. The van der Waals surface area contributed by atoms with Crippen molar-refractivity contribution >= 4 is 11.6 Å². The summed E-state index contributed by atoms with van der Waals surface area (Å²) in [6.45, 7) is 4.07. The molecule has 1 aromatic rings. The summed E-state index contributed by atoms with van der Waals surface area (Å²) in [6.07, 6.45) is 4.28. The third-order valence-corrected chi connectivity index (χ3v) is 2.86. The van der Waals surface area contributed by atoms with E-state index >= 15 is 0 Å². The van der Waals surface area contributed by atoms with Gasteiger partial charge in [-0.15, -0.1) is 0 Å². The second kappa shape index (κ2) is 6.99. The van der Waals surface area contributed by atoms with Crippen LogP contribution in [0.15, 0.2) is 18.2 Å². The molecule has 1 aromatic carbocycles. The average Bonchev–Trinajstić information content (AvgIpc) is 2.28. The second-order valence-electron chi connectivity index (χ2n) is 4.61. The zero-order valence-electron chi connectivity index (χ0n) is 11.0. The van der Waals surface area contributed by atoms with Gasteiger partial charge in [-0.05, 0) is 31.5 Å². The van der Waals surface area contributed by atoms with Gasteiger partial charge in [-0.25, -0.2) is 4.39 Å². The molecule has 0 radical (unpaired) electrons. The Bertz CT molecular complexity index is 407. The summed E-state index contributed by atoms with van der Waals surface area (Å²) >= 11 is 0. The van der Waals surface area contributed by atoms with Crippen molar-refractivity contribution in [3.63, 3.8) is 0 Å². The summed E-state index contributed by atoms with van der Waals surface area (Å²) < 4.78 is 13.5. The standard InChI is InChI=1S/C14H21FN2O/c1-3-4-5-6-10(2)17-14(18)12-8-7-11(16)9-13(12)15/h7-10H,3-6,16H2,1-2H3,(H,17,18). The third-order valence-electron chi connectivity index (χ3n) is 2.86. The van der Waals surface area contributed by atoms with Crippen LogP contribution in [0.3, 0.4) is 0 Å². The number of anilines is 1. The first-order valence-electron chi connectivity index (χ1n) is 6.40. The SMILES string of the molecule is CCCCCC(C)NC(=O)c1ccc(N)cc1F. The van der Waals surface area contributed by atoms with Crippen LogP contribution in [-0.2, 0) is 0 Å². The molecule has 0 aliphatic carbocycles. The number of hydrogen-bond acceptors (Lipinski definition) is 2. The maximum absolute atomic E-state index is 13.5. The molecule has 4 heteroatoms. The lowest BCUT2D eigenvalue weighted by atomic mass is 10.1. The predicted molar refractivity (Wildman–Crippen MR) is 71.9 cm³/mol. The van der Waals surface area contributed by atoms with Gasteiger partial charge >= 0.3 is 0 Å². The van der Waals surface area contributed by atoms with Crippen molar-refractivity contribution in [3.8, 4) is 0 Å². The lowest BCUT2D eigenvalue weighted by Gasteiger charge is -2.14. The molecule has 0 aliphatic rings. The van der Waals surface area contributed by atoms with Gasteiger partial charge in [0, 0.05) is 11.7 Å². The number of amides is 1. The van der Waals surface area contributed by atoms with Gasteiger partial charge < -0.3 is 11.1 Å². The van der Waals surface area contributed by atoms with Gasteiger partial charge in [0.05, 0.1) is 5.56 Å². The van der Waals surface area contributed by atoms with E-state index < -0.39 is 5.82 Å². The van der Waals surface area contributed by atoms with E-state index in [0.29, 0.717) is 5.69 Å². The van der Waals surface area contributed by atoms with E-state index in [4.69, 9.17) is 5.73 Å². The van der Waals surface area contributed by atoms with Crippen molar-refractivity contribution in [2.45, 2.75) is 45.6 Å². The Labute approximate surface area is 108 Å². The number of rotatable bonds is 6. The van der Waals surface area contributed by atoms with Crippen molar-refractivity contribution < 1.29 is 9.18 Å². The summed E-state index contributed by atoms with van der Waals surface area (Å²) in [7, 11) is 0. The zero-order valence-corrected chi connectivity index (χ0v) is 11.0. The normalized spacial score (nSPS) is 12.2. The van der Waals surface area contributed by atoms with Crippen LogP contribution in [-0.4, -0.2) is 11.9 Å². The average molecular weight is 252 g/mol. The van der Waals surface area contributed by atoms with Crippen molar-refractivity contribution in [2.24, 2.45) is 0 Å². The van der Waals surface area contributed by atoms with E-state index in [9.17, 15) is 9.18 Å². The highest BCUT2D eigenvalue weighted by Crippen LogP contribution is 2.12. The van der Waals surface area contributed by atoms with Gasteiger partial charge in [-0.3, -0.25) is 4.79 Å². The molecule has 0 fully saturated rings. The minimum Gasteiger partial charge on any atom is -0.399 e. The third kappa shape index (κ3) is 4.35. The molecule has 0 bridgehead atoms. The van der Waals surface area contributed by atoms with E-state index in [1.165, 1.54) is 12.1 Å². The Kier molecular flexibility index (Phi) is 5.62. The first-order valence-corrected chi connectivity index (χ1v) is 6.40. The smallest absolute Gasteiger partial charge is 0.254 e. The minimum absolute atomic E-state index is 0.0477. The Balaban J connectivity index is 2.54. The fourth-order valence-electron chi connectivity index (χ4n) is 1.79. The number of halogens is 1. The van der Waals surface area contributed by atoms with Crippen LogP contribution in [0.5, 0.6) is 0 Å².